The number of likely N-dealkylation sites (tertiary alicyclic amines) is 1. The van der Waals surface area contributed by atoms with E-state index < -0.39 is 0 Å². The summed E-state index contributed by atoms with van der Waals surface area (Å²) in [6.45, 7) is 3.22. The Bertz CT molecular complexity index is 838. The maximum Gasteiger partial charge on any atom is 0.310 e. The van der Waals surface area contributed by atoms with Crippen molar-refractivity contribution in [3.63, 3.8) is 0 Å². The molecule has 0 unspecified atom stereocenters. The molecule has 6 nitrogen and oxygen atoms in total. The Morgan fingerprint density at radius 1 is 1.19 bits per heavy atom. The summed E-state index contributed by atoms with van der Waals surface area (Å²) in [6.07, 6.45) is 5.96. The number of carbonyl (C=O) groups excluding carboxylic acids is 2. The number of piperidine rings is 2. The Morgan fingerprint density at radius 2 is 2.00 bits per heavy atom. The second-order valence-electron chi connectivity index (χ2n) is 7.64. The van der Waals surface area contributed by atoms with Gasteiger partial charge in [-0.3, -0.25) is 9.59 Å². The first-order chi connectivity index (χ1) is 13.2. The molecule has 144 valence electrons. The standard InChI is InChI=1S/C21H27N3O3/c1-27-21(26)16-3-2-10-24(13-16)20(25)15-4-5-19-17(11-15)18(12-23-19)14-6-8-22-9-7-14/h4-5,11-12,14,16,22-23H,2-3,6-10,13H2,1H3/t16-/m1/s1. The maximum atomic E-state index is 13.1. The van der Waals surface area contributed by atoms with Crippen LogP contribution in [-0.2, 0) is 9.53 Å². The van der Waals surface area contributed by atoms with Crippen LogP contribution in [0.2, 0.25) is 0 Å². The smallest absolute Gasteiger partial charge is 0.310 e. The van der Waals surface area contributed by atoms with Crippen molar-refractivity contribution in [3.8, 4) is 0 Å². The number of H-pyrrole nitrogens is 1. The number of rotatable bonds is 3. The van der Waals surface area contributed by atoms with Crippen molar-refractivity contribution in [2.75, 3.05) is 33.3 Å². The number of hydrogen-bond donors (Lipinski definition) is 2. The van der Waals surface area contributed by atoms with Gasteiger partial charge in [0.1, 0.15) is 0 Å². The predicted molar refractivity (Wildman–Crippen MR) is 104 cm³/mol. The lowest BCUT2D eigenvalue weighted by atomic mass is 9.89. The van der Waals surface area contributed by atoms with Crippen LogP contribution in [0.4, 0.5) is 0 Å². The molecule has 2 aliphatic heterocycles. The fourth-order valence-electron chi connectivity index (χ4n) is 4.45. The third-order valence-electron chi connectivity index (χ3n) is 5.98. The predicted octanol–water partition coefficient (Wildman–Crippen LogP) is 2.66. The summed E-state index contributed by atoms with van der Waals surface area (Å²) in [5.74, 6) is 0.0998. The van der Waals surface area contributed by atoms with Crippen LogP contribution in [-0.4, -0.2) is 55.0 Å². The SMILES string of the molecule is COC(=O)[C@@H]1CCCN(C(=O)c2ccc3[nH]cc(C4CCNCC4)c3c2)C1. The molecular formula is C21H27N3O3. The molecule has 0 spiro atoms. The van der Waals surface area contributed by atoms with Gasteiger partial charge in [-0.2, -0.15) is 0 Å². The highest BCUT2D eigenvalue weighted by molar-refractivity contribution is 5.99. The van der Waals surface area contributed by atoms with Crippen LogP contribution in [0, 0.1) is 5.92 Å². The van der Waals surface area contributed by atoms with E-state index in [0.717, 1.165) is 49.7 Å². The maximum absolute atomic E-state index is 13.1. The number of ether oxygens (including phenoxy) is 1. The Labute approximate surface area is 159 Å². The first-order valence-electron chi connectivity index (χ1n) is 9.86. The molecule has 0 saturated carbocycles. The molecule has 27 heavy (non-hydrogen) atoms. The third kappa shape index (κ3) is 3.58. The van der Waals surface area contributed by atoms with E-state index in [1.807, 2.05) is 18.2 Å². The van der Waals surface area contributed by atoms with Crippen LogP contribution in [0.15, 0.2) is 24.4 Å². The summed E-state index contributed by atoms with van der Waals surface area (Å²) in [6, 6.07) is 5.90. The van der Waals surface area contributed by atoms with Gasteiger partial charge < -0.3 is 19.9 Å². The summed E-state index contributed by atoms with van der Waals surface area (Å²) in [5.41, 5.74) is 3.08. The van der Waals surface area contributed by atoms with E-state index >= 15 is 0 Å². The summed E-state index contributed by atoms with van der Waals surface area (Å²) in [5, 5.41) is 4.55. The van der Waals surface area contributed by atoms with Gasteiger partial charge in [0, 0.05) is 35.8 Å². The summed E-state index contributed by atoms with van der Waals surface area (Å²) in [7, 11) is 1.41. The van der Waals surface area contributed by atoms with E-state index in [2.05, 4.69) is 16.5 Å². The van der Waals surface area contributed by atoms with Crippen molar-refractivity contribution in [2.45, 2.75) is 31.6 Å². The van der Waals surface area contributed by atoms with Gasteiger partial charge in [-0.15, -0.1) is 0 Å². The molecule has 3 heterocycles. The lowest BCUT2D eigenvalue weighted by Crippen LogP contribution is -2.42. The summed E-state index contributed by atoms with van der Waals surface area (Å²) >= 11 is 0. The average molecular weight is 369 g/mol. The topological polar surface area (TPSA) is 74.4 Å². The van der Waals surface area contributed by atoms with E-state index in [-0.39, 0.29) is 17.8 Å². The number of hydrogen-bond acceptors (Lipinski definition) is 4. The van der Waals surface area contributed by atoms with Gasteiger partial charge in [0.25, 0.3) is 5.91 Å². The van der Waals surface area contributed by atoms with Crippen LogP contribution in [0.1, 0.15) is 47.5 Å². The Morgan fingerprint density at radius 3 is 2.78 bits per heavy atom. The Hall–Kier alpha value is -2.34. The number of nitrogens with zero attached hydrogens (tertiary/aromatic N) is 1. The molecule has 2 aromatic rings. The summed E-state index contributed by atoms with van der Waals surface area (Å²) < 4.78 is 4.87. The van der Waals surface area contributed by atoms with Gasteiger partial charge in [0.2, 0.25) is 0 Å². The molecule has 0 radical (unpaired) electrons. The minimum Gasteiger partial charge on any atom is -0.469 e. The van der Waals surface area contributed by atoms with E-state index in [9.17, 15) is 9.59 Å². The van der Waals surface area contributed by atoms with Gasteiger partial charge in [-0.25, -0.2) is 0 Å². The lowest BCUT2D eigenvalue weighted by Gasteiger charge is -2.31. The number of benzene rings is 1. The molecule has 2 N–H and O–H groups in total. The number of aromatic amines is 1. The first-order valence-corrected chi connectivity index (χ1v) is 9.86. The zero-order chi connectivity index (χ0) is 18.8. The van der Waals surface area contributed by atoms with Gasteiger partial charge in [-0.05, 0) is 68.5 Å². The lowest BCUT2D eigenvalue weighted by molar-refractivity contribution is -0.146. The second kappa shape index (κ2) is 7.72. The number of methoxy groups -OCH3 is 1. The second-order valence-corrected chi connectivity index (χ2v) is 7.64. The highest BCUT2D eigenvalue weighted by Crippen LogP contribution is 2.32. The third-order valence-corrected chi connectivity index (χ3v) is 5.98. The van der Waals surface area contributed by atoms with Crippen molar-refractivity contribution in [1.82, 2.24) is 15.2 Å². The van der Waals surface area contributed by atoms with Gasteiger partial charge in [-0.1, -0.05) is 0 Å². The molecule has 2 aliphatic rings. The monoisotopic (exact) mass is 369 g/mol. The Kier molecular flexibility index (Phi) is 5.16. The molecule has 1 atom stereocenters. The number of amides is 1. The zero-order valence-electron chi connectivity index (χ0n) is 15.8. The molecule has 4 rings (SSSR count). The minimum atomic E-state index is -0.221. The summed E-state index contributed by atoms with van der Waals surface area (Å²) in [4.78, 5) is 30.1. The molecule has 2 fully saturated rings. The van der Waals surface area contributed by atoms with Crippen molar-refractivity contribution in [1.29, 1.82) is 0 Å². The van der Waals surface area contributed by atoms with Gasteiger partial charge in [0.15, 0.2) is 0 Å². The number of fused-ring (bicyclic) bond motifs is 1. The van der Waals surface area contributed by atoms with Crippen molar-refractivity contribution >= 4 is 22.8 Å². The van der Waals surface area contributed by atoms with E-state index in [4.69, 9.17) is 4.74 Å². The van der Waals surface area contributed by atoms with Gasteiger partial charge >= 0.3 is 5.97 Å². The fraction of sp³-hybridized carbons (Fsp3) is 0.524. The van der Waals surface area contributed by atoms with E-state index in [0.29, 0.717) is 24.6 Å². The molecular weight excluding hydrogens is 342 g/mol. The molecule has 6 heteroatoms. The van der Waals surface area contributed by atoms with Crippen LogP contribution in [0.25, 0.3) is 10.9 Å². The Balaban J connectivity index is 1.57. The van der Waals surface area contributed by atoms with E-state index in [1.54, 1.807) is 4.90 Å². The van der Waals surface area contributed by atoms with Crippen molar-refractivity contribution in [2.24, 2.45) is 5.92 Å². The van der Waals surface area contributed by atoms with Gasteiger partial charge in [0.05, 0.1) is 13.0 Å². The average Bonchev–Trinajstić information content (AvgIpc) is 3.16. The van der Waals surface area contributed by atoms with Crippen molar-refractivity contribution in [3.05, 3.63) is 35.5 Å². The number of carbonyl (C=O) groups is 2. The number of nitrogens with one attached hydrogen (secondary N) is 2. The fourth-order valence-corrected chi connectivity index (χ4v) is 4.45. The quantitative estimate of drug-likeness (QED) is 0.816. The zero-order valence-corrected chi connectivity index (χ0v) is 15.8. The minimum absolute atomic E-state index is 0.00274. The largest absolute Gasteiger partial charge is 0.469 e. The molecule has 1 aromatic heterocycles. The van der Waals surface area contributed by atoms with Crippen LogP contribution in [0.3, 0.4) is 0 Å². The van der Waals surface area contributed by atoms with Crippen molar-refractivity contribution < 1.29 is 14.3 Å². The van der Waals surface area contributed by atoms with E-state index in [1.165, 1.54) is 12.7 Å². The van der Waals surface area contributed by atoms with Crippen LogP contribution in [0.5, 0.6) is 0 Å². The molecule has 1 amide bonds. The molecule has 0 aliphatic carbocycles. The highest BCUT2D eigenvalue weighted by Gasteiger charge is 2.30. The van der Waals surface area contributed by atoms with Crippen LogP contribution < -0.4 is 5.32 Å². The number of aromatic nitrogens is 1. The molecule has 1 aromatic carbocycles. The molecule has 0 bridgehead atoms. The number of esters is 1. The normalized spacial score (nSPS) is 21.4. The highest BCUT2D eigenvalue weighted by atomic mass is 16.5. The molecule has 2 saturated heterocycles. The first kappa shape index (κ1) is 18.0. The van der Waals surface area contributed by atoms with Crippen LogP contribution >= 0.6 is 0 Å².